The summed E-state index contributed by atoms with van der Waals surface area (Å²) in [5.41, 5.74) is 5.48. The number of hydrogen-bond acceptors (Lipinski definition) is 1. The molecular formula is C62H38O. The molecule has 0 atom stereocenters. The fourth-order valence-corrected chi connectivity index (χ4v) is 9.44. The molecule has 0 N–H and O–H groups in total. The molecule has 0 unspecified atom stereocenters. The van der Waals surface area contributed by atoms with E-state index >= 15 is 0 Å². The van der Waals surface area contributed by atoms with Crippen molar-refractivity contribution in [1.29, 1.82) is 0 Å². The van der Waals surface area contributed by atoms with Crippen LogP contribution in [-0.2, 0) is 0 Å². The third-order valence-electron chi connectivity index (χ3n) is 12.2. The molecule has 0 aliphatic carbocycles. The van der Waals surface area contributed by atoms with Crippen molar-refractivity contribution in [3.63, 3.8) is 0 Å². The van der Waals surface area contributed by atoms with E-state index < -0.39 is 90.6 Å². The first-order valence-electron chi connectivity index (χ1n) is 28.0. The second kappa shape index (κ2) is 14.2. The van der Waals surface area contributed by atoms with E-state index in [2.05, 4.69) is 18.2 Å². The molecule has 0 amide bonds. The van der Waals surface area contributed by atoms with Crippen LogP contribution in [0.3, 0.4) is 0 Å². The van der Waals surface area contributed by atoms with E-state index in [-0.39, 0.29) is 60.1 Å². The summed E-state index contributed by atoms with van der Waals surface area (Å²) in [5.74, 6) is 0. The van der Waals surface area contributed by atoms with Crippen LogP contribution in [0.15, 0.2) is 235 Å². The van der Waals surface area contributed by atoms with Gasteiger partial charge in [-0.3, -0.25) is 0 Å². The Hall–Kier alpha value is -8.26. The van der Waals surface area contributed by atoms with Gasteiger partial charge in [0.05, 0.1) is 20.6 Å². The second-order valence-corrected chi connectivity index (χ2v) is 15.5. The van der Waals surface area contributed by atoms with Crippen molar-refractivity contribution in [1.82, 2.24) is 0 Å². The van der Waals surface area contributed by atoms with E-state index in [1.807, 2.05) is 78.9 Å². The van der Waals surface area contributed by atoms with Crippen molar-refractivity contribution in [2.75, 3.05) is 0 Å². The molecule has 1 heterocycles. The molecule has 1 nitrogen and oxygen atoms in total. The van der Waals surface area contributed by atoms with Gasteiger partial charge < -0.3 is 4.42 Å². The number of fused-ring (bicyclic) bond motifs is 8. The van der Waals surface area contributed by atoms with Gasteiger partial charge in [-0.05, 0) is 134 Å². The summed E-state index contributed by atoms with van der Waals surface area (Å²) in [5, 5.41) is 3.22. The Morgan fingerprint density at radius 2 is 0.921 bits per heavy atom. The minimum absolute atomic E-state index is 0.0561. The number of rotatable bonds is 5. The van der Waals surface area contributed by atoms with E-state index in [4.69, 9.17) is 9.90 Å². The summed E-state index contributed by atoms with van der Waals surface area (Å²) in [6.07, 6.45) is 0. The monoisotopic (exact) mass is 813 g/mol. The normalized spacial score (nSPS) is 15.1. The van der Waals surface area contributed by atoms with Gasteiger partial charge in [-0.15, -0.1) is 0 Å². The van der Waals surface area contributed by atoms with E-state index in [1.54, 1.807) is 42.5 Å². The van der Waals surface area contributed by atoms with Crippen molar-refractivity contribution in [2.24, 2.45) is 0 Å². The van der Waals surface area contributed by atoms with E-state index in [1.165, 1.54) is 0 Å². The highest BCUT2D eigenvalue weighted by molar-refractivity contribution is 6.26. The number of furan rings is 1. The Balaban J connectivity index is 1.16. The van der Waals surface area contributed by atoms with Gasteiger partial charge in [-0.2, -0.15) is 0 Å². The van der Waals surface area contributed by atoms with E-state index in [0.29, 0.717) is 27.3 Å². The first kappa shape index (κ1) is 23.7. The van der Waals surface area contributed by atoms with Gasteiger partial charge in [-0.1, -0.05) is 206 Å². The molecule has 0 spiro atoms. The maximum Gasteiger partial charge on any atom is 0.136 e. The Morgan fingerprint density at radius 3 is 1.68 bits per heavy atom. The first-order chi connectivity index (χ1) is 37.5. The molecule has 63 heavy (non-hydrogen) atoms. The van der Waals surface area contributed by atoms with E-state index in [9.17, 15) is 15.1 Å². The lowest BCUT2D eigenvalue weighted by atomic mass is 9.81. The molecule has 13 rings (SSSR count). The van der Waals surface area contributed by atoms with Gasteiger partial charge in [-0.25, -0.2) is 0 Å². The molecule has 13 aromatic rings. The van der Waals surface area contributed by atoms with Gasteiger partial charge in [0.1, 0.15) is 11.2 Å². The highest BCUT2D eigenvalue weighted by Crippen LogP contribution is 2.50. The molecule has 0 saturated heterocycles. The Morgan fingerprint density at radius 1 is 0.302 bits per heavy atom. The summed E-state index contributed by atoms with van der Waals surface area (Å²) in [6.45, 7) is 0. The minimum atomic E-state index is -0.646. The zero-order chi connectivity index (χ0) is 54.5. The molecule has 292 valence electrons. The standard InChI is InChI=1S/C62H38O/c1-2-16-40(17-3-1)47-27-14-28-57-62(47)55-33-32-43(38-58(55)63-57)45-35-36-54(49-22-9-8-21-48(45)49)60-50-23-10-12-25-52(50)61(53-26-13-11-24-51(53)60)56-34-31-41-18-6-7-20-46(41)59(56)44-30-29-39-15-4-5-19-42(39)37-44/h1-38H/i4D,5D,10D,11D,12D,13D,15D,19D,23D,24D,25D,26D,29D,30D,37D. The third-order valence-corrected chi connectivity index (χ3v) is 12.2. The van der Waals surface area contributed by atoms with Gasteiger partial charge in [0.15, 0.2) is 0 Å². The highest BCUT2D eigenvalue weighted by atomic mass is 16.3. The van der Waals surface area contributed by atoms with Crippen LogP contribution >= 0.6 is 0 Å². The summed E-state index contributed by atoms with van der Waals surface area (Å²) in [4.78, 5) is 0. The quantitative estimate of drug-likeness (QED) is 0.158. The van der Waals surface area contributed by atoms with Crippen LogP contribution in [0.4, 0.5) is 0 Å². The maximum atomic E-state index is 9.83. The number of benzene rings is 12. The Kier molecular flexibility index (Phi) is 5.32. The molecule has 0 radical (unpaired) electrons. The average molecular weight is 814 g/mol. The van der Waals surface area contributed by atoms with Crippen LogP contribution in [0.2, 0.25) is 0 Å². The summed E-state index contributed by atoms with van der Waals surface area (Å²) in [6, 6.07) is 35.0. The molecule has 1 aromatic heterocycles. The number of hydrogen-bond donors (Lipinski definition) is 0. The Labute approximate surface area is 385 Å². The molecule has 0 aliphatic heterocycles. The molecule has 1 heteroatoms. The van der Waals surface area contributed by atoms with E-state index in [0.717, 1.165) is 44.0 Å². The SMILES string of the molecule is [2H]c1c([2H])c([2H])c2c([2H])c(-c3c(-c4c5c([2H])c([2H])c([2H])c([2H])c5c(-c5ccc(-c6ccc7c(c6)oc6cccc(-c8ccccc8)c67)c6ccccc56)c5c([2H])c([2H])c([2H])c([2H])c45)ccc4ccccc34)c([2H])c([2H])c2c1[2H]. The molecule has 0 saturated carbocycles. The van der Waals surface area contributed by atoms with Crippen LogP contribution in [-0.4, -0.2) is 0 Å². The van der Waals surface area contributed by atoms with Crippen LogP contribution in [0.1, 0.15) is 20.6 Å². The Bertz CT molecular complexity index is 4770. The van der Waals surface area contributed by atoms with Crippen molar-refractivity contribution < 1.29 is 25.0 Å². The topological polar surface area (TPSA) is 13.1 Å². The van der Waals surface area contributed by atoms with Crippen LogP contribution in [0.5, 0.6) is 0 Å². The first-order valence-corrected chi connectivity index (χ1v) is 20.5. The second-order valence-electron chi connectivity index (χ2n) is 15.5. The summed E-state index contributed by atoms with van der Waals surface area (Å²) in [7, 11) is 0. The molecule has 12 aromatic carbocycles. The summed E-state index contributed by atoms with van der Waals surface area (Å²) >= 11 is 0. The van der Waals surface area contributed by atoms with Crippen LogP contribution in [0.25, 0.3) is 131 Å². The van der Waals surface area contributed by atoms with Crippen LogP contribution in [0, 0.1) is 0 Å². The molecule has 0 fully saturated rings. The zero-order valence-corrected chi connectivity index (χ0v) is 33.2. The van der Waals surface area contributed by atoms with Gasteiger partial charge in [0.25, 0.3) is 0 Å². The lowest BCUT2D eigenvalue weighted by Gasteiger charge is -2.22. The largest absolute Gasteiger partial charge is 0.456 e. The maximum absolute atomic E-state index is 9.83. The van der Waals surface area contributed by atoms with Gasteiger partial charge in [0, 0.05) is 10.8 Å². The zero-order valence-electron chi connectivity index (χ0n) is 48.2. The molecule has 0 aliphatic rings. The fourth-order valence-electron chi connectivity index (χ4n) is 9.44. The minimum Gasteiger partial charge on any atom is -0.456 e. The summed E-state index contributed by atoms with van der Waals surface area (Å²) < 4.78 is 146. The third kappa shape index (κ3) is 5.57. The van der Waals surface area contributed by atoms with Crippen molar-refractivity contribution in [3.8, 4) is 55.6 Å². The predicted octanol–water partition coefficient (Wildman–Crippen LogP) is 17.7. The van der Waals surface area contributed by atoms with Gasteiger partial charge in [0.2, 0.25) is 0 Å². The van der Waals surface area contributed by atoms with Crippen molar-refractivity contribution >= 4 is 75.8 Å². The molecular weight excluding hydrogens is 761 g/mol. The average Bonchev–Trinajstić information content (AvgIpc) is 4.00. The lowest BCUT2D eigenvalue weighted by Crippen LogP contribution is -1.94. The van der Waals surface area contributed by atoms with Crippen LogP contribution < -0.4 is 0 Å². The molecule has 0 bridgehead atoms. The van der Waals surface area contributed by atoms with Gasteiger partial charge >= 0.3 is 0 Å². The predicted molar refractivity (Wildman–Crippen MR) is 268 cm³/mol. The van der Waals surface area contributed by atoms with Crippen molar-refractivity contribution in [3.05, 3.63) is 230 Å². The van der Waals surface area contributed by atoms with Crippen molar-refractivity contribution in [2.45, 2.75) is 0 Å². The smallest absolute Gasteiger partial charge is 0.136 e. The fraction of sp³-hybridized carbons (Fsp3) is 0. The lowest BCUT2D eigenvalue weighted by molar-refractivity contribution is 0.669. The highest BCUT2D eigenvalue weighted by Gasteiger charge is 2.22.